The SMILES string of the molecule is C=C(c1ccccc1)[C@@]12CC(O)C(=O)C1CC=C2c1ccccc1. The van der Waals surface area contributed by atoms with Crippen LogP contribution in [0.2, 0.25) is 0 Å². The zero-order valence-corrected chi connectivity index (χ0v) is 13.5. The molecule has 3 atom stereocenters. The number of allylic oxidation sites excluding steroid dienone is 3. The van der Waals surface area contributed by atoms with E-state index in [-0.39, 0.29) is 11.7 Å². The predicted octanol–water partition coefficient (Wildman–Crippen LogP) is 4.12. The molecule has 0 bridgehead atoms. The van der Waals surface area contributed by atoms with Gasteiger partial charge in [-0.2, -0.15) is 0 Å². The maximum atomic E-state index is 12.6. The zero-order chi connectivity index (χ0) is 16.7. The minimum atomic E-state index is -0.900. The molecule has 0 heterocycles. The van der Waals surface area contributed by atoms with Gasteiger partial charge in [0.1, 0.15) is 6.10 Å². The molecule has 2 heteroatoms. The fourth-order valence-corrected chi connectivity index (χ4v) is 4.44. The van der Waals surface area contributed by atoms with Crippen LogP contribution in [0.5, 0.6) is 0 Å². The molecule has 2 aromatic rings. The molecular formula is C22H20O2. The summed E-state index contributed by atoms with van der Waals surface area (Å²) in [6, 6.07) is 20.2. The number of ketones is 1. The first-order valence-electron chi connectivity index (χ1n) is 8.37. The van der Waals surface area contributed by atoms with E-state index in [1.165, 1.54) is 0 Å². The molecule has 2 nitrogen and oxygen atoms in total. The third-order valence-electron chi connectivity index (χ3n) is 5.57. The third kappa shape index (κ3) is 2.03. The molecule has 2 aliphatic rings. The van der Waals surface area contributed by atoms with Crippen LogP contribution in [0.25, 0.3) is 11.1 Å². The summed E-state index contributed by atoms with van der Waals surface area (Å²) in [5.41, 5.74) is 3.71. The first-order valence-corrected chi connectivity index (χ1v) is 8.37. The number of hydrogen-bond acceptors (Lipinski definition) is 2. The van der Waals surface area contributed by atoms with Crippen molar-refractivity contribution in [3.63, 3.8) is 0 Å². The van der Waals surface area contributed by atoms with Crippen LogP contribution in [0.3, 0.4) is 0 Å². The van der Waals surface area contributed by atoms with E-state index in [1.807, 2.05) is 48.5 Å². The number of benzene rings is 2. The van der Waals surface area contributed by atoms with Gasteiger partial charge in [-0.15, -0.1) is 0 Å². The maximum Gasteiger partial charge on any atom is 0.165 e. The summed E-state index contributed by atoms with van der Waals surface area (Å²) < 4.78 is 0. The summed E-state index contributed by atoms with van der Waals surface area (Å²) in [5, 5.41) is 10.3. The fourth-order valence-electron chi connectivity index (χ4n) is 4.44. The smallest absolute Gasteiger partial charge is 0.165 e. The van der Waals surface area contributed by atoms with E-state index < -0.39 is 11.5 Å². The minimum absolute atomic E-state index is 0.0470. The molecule has 4 rings (SSSR count). The van der Waals surface area contributed by atoms with Crippen molar-refractivity contribution in [2.24, 2.45) is 11.3 Å². The summed E-state index contributed by atoms with van der Waals surface area (Å²) in [7, 11) is 0. The average Bonchev–Trinajstić information content (AvgIpc) is 3.12. The van der Waals surface area contributed by atoms with Gasteiger partial charge >= 0.3 is 0 Å². The largest absolute Gasteiger partial charge is 0.385 e. The molecule has 0 aliphatic heterocycles. The quantitative estimate of drug-likeness (QED) is 0.924. The molecule has 1 N–H and O–H groups in total. The molecule has 1 saturated carbocycles. The summed E-state index contributed by atoms with van der Waals surface area (Å²) >= 11 is 0. The van der Waals surface area contributed by atoms with Crippen molar-refractivity contribution in [2.45, 2.75) is 18.9 Å². The molecule has 120 valence electrons. The molecule has 0 aromatic heterocycles. The Labute approximate surface area is 142 Å². The van der Waals surface area contributed by atoms with E-state index in [0.29, 0.717) is 12.8 Å². The third-order valence-corrected chi connectivity index (χ3v) is 5.57. The lowest BCUT2D eigenvalue weighted by Gasteiger charge is -2.35. The maximum absolute atomic E-state index is 12.6. The number of aliphatic hydroxyl groups excluding tert-OH is 1. The minimum Gasteiger partial charge on any atom is -0.385 e. The van der Waals surface area contributed by atoms with Crippen molar-refractivity contribution in [1.82, 2.24) is 0 Å². The lowest BCUT2D eigenvalue weighted by atomic mass is 9.66. The number of Topliss-reactive ketones (excluding diaryl/α,β-unsaturated/α-hetero) is 1. The summed E-state index contributed by atoms with van der Waals surface area (Å²) in [5.74, 6) is -0.260. The van der Waals surface area contributed by atoms with Crippen molar-refractivity contribution < 1.29 is 9.90 Å². The highest BCUT2D eigenvalue weighted by Gasteiger charge is 2.58. The second-order valence-electron chi connectivity index (χ2n) is 6.71. The highest BCUT2D eigenvalue weighted by molar-refractivity contribution is 6.01. The van der Waals surface area contributed by atoms with Gasteiger partial charge in [0.15, 0.2) is 5.78 Å². The zero-order valence-electron chi connectivity index (χ0n) is 13.5. The number of fused-ring (bicyclic) bond motifs is 1. The first kappa shape index (κ1) is 15.1. The van der Waals surface area contributed by atoms with Gasteiger partial charge < -0.3 is 5.11 Å². The van der Waals surface area contributed by atoms with Gasteiger partial charge in [0, 0.05) is 11.3 Å². The van der Waals surface area contributed by atoms with Crippen molar-refractivity contribution in [2.75, 3.05) is 0 Å². The van der Waals surface area contributed by atoms with Crippen LogP contribution in [-0.2, 0) is 4.79 Å². The van der Waals surface area contributed by atoms with E-state index in [0.717, 1.165) is 22.3 Å². The molecule has 2 unspecified atom stereocenters. The molecular weight excluding hydrogens is 296 g/mol. The molecule has 0 radical (unpaired) electrons. The van der Waals surface area contributed by atoms with Crippen LogP contribution in [0.15, 0.2) is 73.3 Å². The van der Waals surface area contributed by atoms with E-state index in [1.54, 1.807) is 0 Å². The predicted molar refractivity (Wildman–Crippen MR) is 96.1 cm³/mol. The van der Waals surface area contributed by atoms with Gasteiger partial charge in [-0.3, -0.25) is 4.79 Å². The molecule has 2 aromatic carbocycles. The molecule has 24 heavy (non-hydrogen) atoms. The van der Waals surface area contributed by atoms with Crippen LogP contribution in [-0.4, -0.2) is 17.0 Å². The summed E-state index contributed by atoms with van der Waals surface area (Å²) in [6.07, 6.45) is 2.36. The Morgan fingerprint density at radius 2 is 1.67 bits per heavy atom. The van der Waals surface area contributed by atoms with Crippen LogP contribution in [0, 0.1) is 11.3 Å². The Morgan fingerprint density at radius 3 is 2.33 bits per heavy atom. The van der Waals surface area contributed by atoms with Gasteiger partial charge in [0.2, 0.25) is 0 Å². The molecule has 1 fully saturated rings. The van der Waals surface area contributed by atoms with Gasteiger partial charge in [-0.25, -0.2) is 0 Å². The second-order valence-corrected chi connectivity index (χ2v) is 6.71. The number of rotatable bonds is 3. The lowest BCUT2D eigenvalue weighted by molar-refractivity contribution is -0.127. The summed E-state index contributed by atoms with van der Waals surface area (Å²) in [4.78, 5) is 12.6. The normalized spacial score (nSPS) is 28.5. The number of aliphatic hydroxyl groups is 1. The van der Waals surface area contributed by atoms with Crippen molar-refractivity contribution >= 4 is 16.9 Å². The fraction of sp³-hybridized carbons (Fsp3) is 0.227. The first-order chi connectivity index (χ1) is 11.6. The van der Waals surface area contributed by atoms with Gasteiger partial charge in [-0.05, 0) is 35.1 Å². The van der Waals surface area contributed by atoms with Gasteiger partial charge in [-0.1, -0.05) is 73.3 Å². The van der Waals surface area contributed by atoms with E-state index >= 15 is 0 Å². The van der Waals surface area contributed by atoms with Crippen molar-refractivity contribution in [3.8, 4) is 0 Å². The average molecular weight is 316 g/mol. The van der Waals surface area contributed by atoms with E-state index in [4.69, 9.17) is 0 Å². The van der Waals surface area contributed by atoms with Crippen LogP contribution < -0.4 is 0 Å². The highest BCUT2D eigenvalue weighted by Crippen LogP contribution is 2.62. The Hall–Kier alpha value is -2.45. The van der Waals surface area contributed by atoms with Crippen molar-refractivity contribution in [3.05, 3.63) is 84.4 Å². The van der Waals surface area contributed by atoms with E-state index in [9.17, 15) is 9.90 Å². The Balaban J connectivity index is 1.87. The summed E-state index contributed by atoms with van der Waals surface area (Å²) in [6.45, 7) is 4.38. The topological polar surface area (TPSA) is 37.3 Å². The standard InChI is InChI=1S/C22H20O2/c1-15(16-8-4-2-5-9-16)22-14-20(23)21(24)19(22)13-12-18(22)17-10-6-3-7-11-17/h2-12,19-20,23H,1,13-14H2/t19?,20?,22-/m1/s1. The molecule has 2 aliphatic carbocycles. The van der Waals surface area contributed by atoms with E-state index in [2.05, 4.69) is 24.8 Å². The number of carbonyl (C=O) groups excluding carboxylic acids is 1. The molecule has 0 saturated heterocycles. The Morgan fingerprint density at radius 1 is 1.04 bits per heavy atom. The number of hydrogen-bond donors (Lipinski definition) is 1. The Kier molecular flexibility index (Phi) is 3.50. The van der Waals surface area contributed by atoms with Gasteiger partial charge in [0.25, 0.3) is 0 Å². The van der Waals surface area contributed by atoms with Crippen molar-refractivity contribution in [1.29, 1.82) is 0 Å². The second kappa shape index (κ2) is 5.57. The van der Waals surface area contributed by atoms with Crippen LogP contribution >= 0.6 is 0 Å². The van der Waals surface area contributed by atoms with Crippen LogP contribution in [0.1, 0.15) is 24.0 Å². The Bertz CT molecular complexity index is 820. The van der Waals surface area contributed by atoms with Crippen LogP contribution in [0.4, 0.5) is 0 Å². The lowest BCUT2D eigenvalue weighted by Crippen LogP contribution is -2.27. The van der Waals surface area contributed by atoms with Gasteiger partial charge in [0.05, 0.1) is 0 Å². The highest BCUT2D eigenvalue weighted by atomic mass is 16.3. The number of carbonyl (C=O) groups is 1. The monoisotopic (exact) mass is 316 g/mol. The molecule has 0 spiro atoms. The molecule has 0 amide bonds.